The molecule has 1 atom stereocenters. The van der Waals surface area contributed by atoms with E-state index in [9.17, 15) is 4.79 Å². The third kappa shape index (κ3) is 7.82. The van der Waals surface area contributed by atoms with Gasteiger partial charge in [-0.3, -0.25) is 4.79 Å². The van der Waals surface area contributed by atoms with Crippen LogP contribution in [-0.4, -0.2) is 18.1 Å². The predicted octanol–water partition coefficient (Wildman–Crippen LogP) is 4.02. The zero-order chi connectivity index (χ0) is 15.8. The van der Waals surface area contributed by atoms with E-state index >= 15 is 0 Å². The average Bonchev–Trinajstić information content (AvgIpc) is 2.52. The van der Waals surface area contributed by atoms with Gasteiger partial charge in [0.25, 0.3) is 0 Å². The topological polar surface area (TPSA) is 64.4 Å². The van der Waals surface area contributed by atoms with Crippen LogP contribution >= 0.6 is 12.4 Å². The van der Waals surface area contributed by atoms with E-state index in [1.165, 1.54) is 32.1 Å². The van der Waals surface area contributed by atoms with Crippen LogP contribution in [0.25, 0.3) is 0 Å². The Morgan fingerprint density at radius 2 is 2.09 bits per heavy atom. The number of carbonyl (C=O) groups is 1. The molecule has 1 aromatic rings. The molecule has 1 fully saturated rings. The molecule has 23 heavy (non-hydrogen) atoms. The van der Waals surface area contributed by atoms with Crippen molar-refractivity contribution in [1.29, 1.82) is 0 Å². The maximum absolute atomic E-state index is 11.8. The molecule has 0 aromatic heterocycles. The number of hydrogen-bond acceptors (Lipinski definition) is 3. The minimum absolute atomic E-state index is 0. The maximum Gasteiger partial charge on any atom is 0.224 e. The fourth-order valence-electron chi connectivity index (χ4n) is 2.77. The lowest BCUT2D eigenvalue weighted by atomic mass is 9.98. The summed E-state index contributed by atoms with van der Waals surface area (Å²) < 4.78 is 5.98. The Morgan fingerprint density at radius 3 is 2.78 bits per heavy atom. The highest BCUT2D eigenvalue weighted by Gasteiger charge is 2.13. The number of ether oxygens (including phenoxy) is 1. The molecule has 1 saturated carbocycles. The van der Waals surface area contributed by atoms with Crippen LogP contribution in [0.4, 0.5) is 5.69 Å². The first-order valence-corrected chi connectivity index (χ1v) is 8.39. The second-order valence-corrected chi connectivity index (χ2v) is 6.34. The van der Waals surface area contributed by atoms with Crippen LogP contribution in [0, 0.1) is 0 Å². The highest BCUT2D eigenvalue weighted by Crippen LogP contribution is 2.22. The van der Waals surface area contributed by atoms with Gasteiger partial charge >= 0.3 is 0 Å². The molecule has 5 heteroatoms. The summed E-state index contributed by atoms with van der Waals surface area (Å²) in [4.78, 5) is 11.8. The van der Waals surface area contributed by atoms with E-state index in [-0.39, 0.29) is 24.4 Å². The molecule has 1 unspecified atom stereocenters. The molecule has 0 radical (unpaired) electrons. The van der Waals surface area contributed by atoms with Gasteiger partial charge in [0, 0.05) is 18.2 Å². The van der Waals surface area contributed by atoms with Crippen molar-refractivity contribution in [2.24, 2.45) is 5.73 Å². The van der Waals surface area contributed by atoms with E-state index in [2.05, 4.69) is 5.32 Å². The largest absolute Gasteiger partial charge is 0.374 e. The molecule has 0 heterocycles. The molecule has 2 rings (SSSR count). The van der Waals surface area contributed by atoms with Gasteiger partial charge in [-0.25, -0.2) is 0 Å². The van der Waals surface area contributed by atoms with Crippen LogP contribution in [0.15, 0.2) is 24.3 Å². The van der Waals surface area contributed by atoms with Crippen LogP contribution in [0.2, 0.25) is 0 Å². The summed E-state index contributed by atoms with van der Waals surface area (Å²) in [6.07, 6.45) is 7.81. The highest BCUT2D eigenvalue weighted by atomic mass is 35.5. The van der Waals surface area contributed by atoms with Gasteiger partial charge in [0.05, 0.1) is 12.7 Å². The monoisotopic (exact) mass is 340 g/mol. The lowest BCUT2D eigenvalue weighted by Crippen LogP contribution is -2.19. The zero-order valence-electron chi connectivity index (χ0n) is 13.9. The summed E-state index contributed by atoms with van der Waals surface area (Å²) in [7, 11) is 0. The van der Waals surface area contributed by atoms with E-state index in [0.717, 1.165) is 11.3 Å². The summed E-state index contributed by atoms with van der Waals surface area (Å²) in [6, 6.07) is 7.96. The third-order valence-electron chi connectivity index (χ3n) is 4.08. The number of amides is 1. The SMILES string of the molecule is CC(N)CCC(=O)Nc1cccc(COC2CCCCC2)c1.Cl. The number of anilines is 1. The lowest BCUT2D eigenvalue weighted by Gasteiger charge is -2.22. The van der Waals surface area contributed by atoms with E-state index in [1.807, 2.05) is 31.2 Å². The Morgan fingerprint density at radius 1 is 1.35 bits per heavy atom. The van der Waals surface area contributed by atoms with Crippen molar-refractivity contribution in [3.05, 3.63) is 29.8 Å². The summed E-state index contributed by atoms with van der Waals surface area (Å²) in [5.41, 5.74) is 7.61. The van der Waals surface area contributed by atoms with E-state index in [1.54, 1.807) is 0 Å². The molecule has 3 N–H and O–H groups in total. The van der Waals surface area contributed by atoms with Crippen LogP contribution in [0.1, 0.15) is 57.4 Å². The number of rotatable bonds is 7. The third-order valence-corrected chi connectivity index (χ3v) is 4.08. The number of nitrogens with one attached hydrogen (secondary N) is 1. The Bertz CT molecular complexity index is 474. The van der Waals surface area contributed by atoms with Crippen LogP contribution in [-0.2, 0) is 16.1 Å². The van der Waals surface area contributed by atoms with Gasteiger partial charge in [0.15, 0.2) is 0 Å². The standard InChI is InChI=1S/C18H28N2O2.ClH/c1-14(19)10-11-18(21)20-16-7-5-6-15(12-16)13-22-17-8-3-2-4-9-17;/h5-7,12,14,17H,2-4,8-11,13,19H2,1H3,(H,20,21);1H. The van der Waals surface area contributed by atoms with Gasteiger partial charge in [-0.1, -0.05) is 31.4 Å². The molecule has 1 amide bonds. The molecule has 0 bridgehead atoms. The average molecular weight is 341 g/mol. The molecular weight excluding hydrogens is 312 g/mol. The fourth-order valence-corrected chi connectivity index (χ4v) is 2.77. The van der Waals surface area contributed by atoms with Gasteiger partial charge < -0.3 is 15.8 Å². The van der Waals surface area contributed by atoms with Gasteiger partial charge in [-0.15, -0.1) is 12.4 Å². The summed E-state index contributed by atoms with van der Waals surface area (Å²) in [5, 5.41) is 2.93. The predicted molar refractivity (Wildman–Crippen MR) is 96.9 cm³/mol. The molecular formula is C18H29ClN2O2. The smallest absolute Gasteiger partial charge is 0.224 e. The van der Waals surface area contributed by atoms with Gasteiger partial charge in [0.1, 0.15) is 0 Å². The van der Waals surface area contributed by atoms with Crippen molar-refractivity contribution in [3.8, 4) is 0 Å². The maximum atomic E-state index is 11.8. The number of nitrogens with two attached hydrogens (primary N) is 1. The minimum Gasteiger partial charge on any atom is -0.374 e. The van der Waals surface area contributed by atoms with Crippen molar-refractivity contribution < 1.29 is 9.53 Å². The van der Waals surface area contributed by atoms with Crippen molar-refractivity contribution >= 4 is 24.0 Å². The number of hydrogen-bond donors (Lipinski definition) is 2. The van der Waals surface area contributed by atoms with E-state index < -0.39 is 0 Å². The molecule has 0 saturated heterocycles. The normalized spacial score (nSPS) is 16.4. The lowest BCUT2D eigenvalue weighted by molar-refractivity contribution is -0.116. The number of carbonyl (C=O) groups excluding carboxylic acids is 1. The Balaban J connectivity index is 0.00000264. The molecule has 1 aliphatic rings. The van der Waals surface area contributed by atoms with Crippen LogP contribution < -0.4 is 11.1 Å². The molecule has 0 spiro atoms. The number of benzene rings is 1. The molecule has 130 valence electrons. The van der Waals surface area contributed by atoms with Crippen LogP contribution in [0.3, 0.4) is 0 Å². The second kappa shape index (κ2) is 10.6. The van der Waals surface area contributed by atoms with Gasteiger partial charge in [0.2, 0.25) is 5.91 Å². The fraction of sp³-hybridized carbons (Fsp3) is 0.611. The van der Waals surface area contributed by atoms with Gasteiger partial charge in [-0.05, 0) is 43.9 Å². The summed E-state index contributed by atoms with van der Waals surface area (Å²) in [5.74, 6) is 0.0163. The molecule has 1 aromatic carbocycles. The van der Waals surface area contributed by atoms with Crippen molar-refractivity contribution in [2.45, 2.75) is 70.6 Å². The molecule has 0 aliphatic heterocycles. The van der Waals surface area contributed by atoms with Crippen molar-refractivity contribution in [1.82, 2.24) is 0 Å². The minimum atomic E-state index is 0. The Labute approximate surface area is 145 Å². The molecule has 1 aliphatic carbocycles. The van der Waals surface area contributed by atoms with Crippen molar-refractivity contribution in [3.63, 3.8) is 0 Å². The first-order valence-electron chi connectivity index (χ1n) is 8.39. The summed E-state index contributed by atoms with van der Waals surface area (Å²) in [6.45, 7) is 2.53. The zero-order valence-corrected chi connectivity index (χ0v) is 14.7. The first-order chi connectivity index (χ1) is 10.6. The quantitative estimate of drug-likeness (QED) is 0.787. The second-order valence-electron chi connectivity index (χ2n) is 6.34. The molecule has 4 nitrogen and oxygen atoms in total. The Hall–Kier alpha value is -1.10. The number of halogens is 1. The van der Waals surface area contributed by atoms with E-state index in [4.69, 9.17) is 10.5 Å². The first kappa shape index (κ1) is 19.9. The van der Waals surface area contributed by atoms with E-state index in [0.29, 0.717) is 25.6 Å². The highest BCUT2D eigenvalue weighted by molar-refractivity contribution is 5.90. The Kier molecular flexibility index (Phi) is 9.22. The van der Waals surface area contributed by atoms with Crippen LogP contribution in [0.5, 0.6) is 0 Å². The van der Waals surface area contributed by atoms with Gasteiger partial charge in [-0.2, -0.15) is 0 Å². The van der Waals surface area contributed by atoms with Crippen molar-refractivity contribution in [2.75, 3.05) is 5.32 Å². The summed E-state index contributed by atoms with van der Waals surface area (Å²) >= 11 is 0.